The monoisotopic (exact) mass is 442 g/mol. The molecule has 7 nitrogen and oxygen atoms in total. The van der Waals surface area contributed by atoms with Crippen LogP contribution in [0.5, 0.6) is 5.75 Å². The van der Waals surface area contributed by atoms with E-state index in [0.29, 0.717) is 45.1 Å². The molecule has 3 fully saturated rings. The molecule has 6 rings (SSSR count). The second-order valence-electron chi connectivity index (χ2n) is 9.70. The van der Waals surface area contributed by atoms with Crippen molar-refractivity contribution in [3.63, 3.8) is 0 Å². The zero-order valence-electron chi connectivity index (χ0n) is 18.7. The normalized spacial score (nSPS) is 34.0. The van der Waals surface area contributed by atoms with Crippen molar-refractivity contribution in [3.05, 3.63) is 29.8 Å². The van der Waals surface area contributed by atoms with Crippen molar-refractivity contribution in [1.82, 2.24) is 10.2 Å². The molecular formula is C25H34N2O5. The Balaban J connectivity index is 1.39. The van der Waals surface area contributed by atoms with Gasteiger partial charge < -0.3 is 24.4 Å². The number of fused-ring (bicyclic) bond motifs is 7. The summed E-state index contributed by atoms with van der Waals surface area (Å²) < 4.78 is 18.2. The van der Waals surface area contributed by atoms with E-state index >= 15 is 0 Å². The molecule has 1 aromatic rings. The predicted molar refractivity (Wildman–Crippen MR) is 119 cm³/mol. The van der Waals surface area contributed by atoms with E-state index in [1.807, 2.05) is 17.0 Å². The lowest BCUT2D eigenvalue weighted by Gasteiger charge is -2.51. The van der Waals surface area contributed by atoms with Crippen LogP contribution in [0.4, 0.5) is 0 Å². The van der Waals surface area contributed by atoms with Crippen LogP contribution in [0.1, 0.15) is 62.8 Å². The molecule has 2 atom stereocenters. The van der Waals surface area contributed by atoms with E-state index in [2.05, 4.69) is 17.4 Å². The Kier molecular flexibility index (Phi) is 6.37. The summed E-state index contributed by atoms with van der Waals surface area (Å²) in [5.74, 6) is 1.44. The molecule has 4 heterocycles. The SMILES string of the molecule is O=C1COCC2(CCCN3C(=O)CCCOc4ccccc4C4CCC(CC4)OC[C@H]32)N1. The Morgan fingerprint density at radius 3 is 2.75 bits per heavy atom. The molecule has 1 spiro atoms. The lowest BCUT2D eigenvalue weighted by atomic mass is 9.80. The first-order valence-corrected chi connectivity index (χ1v) is 12.2. The molecule has 1 aromatic carbocycles. The van der Waals surface area contributed by atoms with Crippen molar-refractivity contribution in [1.29, 1.82) is 0 Å². The van der Waals surface area contributed by atoms with Crippen molar-refractivity contribution in [3.8, 4) is 5.75 Å². The fourth-order valence-corrected chi connectivity index (χ4v) is 5.99. The van der Waals surface area contributed by atoms with Gasteiger partial charge in [-0.2, -0.15) is 0 Å². The largest absolute Gasteiger partial charge is 0.493 e. The first-order chi connectivity index (χ1) is 15.6. The number of nitrogens with zero attached hydrogens (tertiary/aromatic N) is 1. The van der Waals surface area contributed by atoms with Gasteiger partial charge in [0.1, 0.15) is 12.4 Å². The Morgan fingerprint density at radius 1 is 1.06 bits per heavy atom. The molecule has 174 valence electrons. The van der Waals surface area contributed by atoms with E-state index in [1.54, 1.807) is 0 Å². The van der Waals surface area contributed by atoms with E-state index in [9.17, 15) is 9.59 Å². The molecule has 2 amide bonds. The molecule has 4 aliphatic heterocycles. The molecule has 1 saturated carbocycles. The van der Waals surface area contributed by atoms with Gasteiger partial charge >= 0.3 is 0 Å². The lowest BCUT2D eigenvalue weighted by molar-refractivity contribution is -0.155. The van der Waals surface area contributed by atoms with Crippen LogP contribution in [0.15, 0.2) is 24.3 Å². The number of benzene rings is 1. The van der Waals surface area contributed by atoms with E-state index < -0.39 is 5.54 Å². The van der Waals surface area contributed by atoms with Crippen molar-refractivity contribution >= 4 is 11.8 Å². The Hall–Kier alpha value is -2.12. The fourth-order valence-electron chi connectivity index (χ4n) is 5.99. The van der Waals surface area contributed by atoms with Crippen LogP contribution in [-0.4, -0.2) is 67.4 Å². The van der Waals surface area contributed by atoms with Crippen molar-refractivity contribution < 1.29 is 23.8 Å². The van der Waals surface area contributed by atoms with Gasteiger partial charge in [-0.15, -0.1) is 0 Å². The van der Waals surface area contributed by atoms with Crippen molar-refractivity contribution in [2.45, 2.75) is 75.0 Å². The minimum absolute atomic E-state index is 0.0885. The predicted octanol–water partition coefficient (Wildman–Crippen LogP) is 2.78. The molecule has 1 unspecified atom stereocenters. The smallest absolute Gasteiger partial charge is 0.246 e. The number of rotatable bonds is 0. The summed E-state index contributed by atoms with van der Waals surface area (Å²) in [6.45, 7) is 2.18. The van der Waals surface area contributed by atoms with Gasteiger partial charge in [0, 0.05) is 13.0 Å². The van der Waals surface area contributed by atoms with Gasteiger partial charge in [0.05, 0.1) is 37.5 Å². The van der Waals surface area contributed by atoms with E-state index in [-0.39, 0.29) is 30.6 Å². The van der Waals surface area contributed by atoms with E-state index in [0.717, 1.165) is 44.3 Å². The van der Waals surface area contributed by atoms with Crippen LogP contribution >= 0.6 is 0 Å². The molecule has 1 aliphatic carbocycles. The van der Waals surface area contributed by atoms with Crippen molar-refractivity contribution in [2.75, 3.05) is 33.0 Å². The van der Waals surface area contributed by atoms with Gasteiger partial charge in [-0.05, 0) is 62.5 Å². The standard InChI is InChI=1S/C25H34N2O5/c28-23-16-30-17-25(26-23)12-4-13-27-22(25)15-32-19-10-8-18(9-11-19)20-5-1-2-6-21(20)31-14-3-7-24(27)29/h1-2,5-6,18-19,22H,3-4,7-17H2,(H,26,28)/t18?,19?,22-,25?/m0/s1. The number of carbonyl (C=O) groups excluding carboxylic acids is 2. The van der Waals surface area contributed by atoms with Gasteiger partial charge in [0.25, 0.3) is 0 Å². The maximum absolute atomic E-state index is 13.3. The highest BCUT2D eigenvalue weighted by molar-refractivity contribution is 5.80. The third-order valence-corrected chi connectivity index (χ3v) is 7.65. The van der Waals surface area contributed by atoms with Gasteiger partial charge in [-0.3, -0.25) is 9.59 Å². The number of amides is 2. The maximum Gasteiger partial charge on any atom is 0.246 e. The third-order valence-electron chi connectivity index (χ3n) is 7.65. The summed E-state index contributed by atoms with van der Waals surface area (Å²) >= 11 is 0. The third kappa shape index (κ3) is 4.37. The van der Waals surface area contributed by atoms with Crippen LogP contribution in [0.3, 0.4) is 0 Å². The number of hydrogen-bond donors (Lipinski definition) is 1. The number of hydrogen-bond acceptors (Lipinski definition) is 5. The first-order valence-electron chi connectivity index (χ1n) is 12.2. The highest BCUT2D eigenvalue weighted by Crippen LogP contribution is 2.39. The molecule has 0 radical (unpaired) electrons. The Bertz CT molecular complexity index is 833. The van der Waals surface area contributed by atoms with Crippen LogP contribution in [-0.2, 0) is 19.1 Å². The van der Waals surface area contributed by atoms with Crippen molar-refractivity contribution in [2.24, 2.45) is 0 Å². The van der Waals surface area contributed by atoms with E-state index in [1.165, 1.54) is 5.56 Å². The number of ether oxygens (including phenoxy) is 3. The van der Waals surface area contributed by atoms with Crippen LogP contribution in [0.25, 0.3) is 0 Å². The minimum Gasteiger partial charge on any atom is -0.493 e. The summed E-state index contributed by atoms with van der Waals surface area (Å²) in [7, 11) is 0. The average molecular weight is 443 g/mol. The number of nitrogens with one attached hydrogen (secondary N) is 1. The minimum atomic E-state index is -0.554. The van der Waals surface area contributed by atoms with Gasteiger partial charge in [0.15, 0.2) is 0 Å². The topological polar surface area (TPSA) is 77.1 Å². The zero-order valence-corrected chi connectivity index (χ0v) is 18.7. The zero-order chi connectivity index (χ0) is 22.0. The highest BCUT2D eigenvalue weighted by Gasteiger charge is 2.49. The molecule has 5 aliphatic rings. The van der Waals surface area contributed by atoms with Gasteiger partial charge in [0.2, 0.25) is 11.8 Å². The number of carbonyl (C=O) groups is 2. The average Bonchev–Trinajstić information content (AvgIpc) is 2.81. The second kappa shape index (κ2) is 9.40. The second-order valence-corrected chi connectivity index (χ2v) is 9.70. The summed E-state index contributed by atoms with van der Waals surface area (Å²) in [4.78, 5) is 27.4. The summed E-state index contributed by atoms with van der Waals surface area (Å²) in [6, 6.07) is 8.13. The molecule has 2 bridgehead atoms. The molecule has 32 heavy (non-hydrogen) atoms. The lowest BCUT2D eigenvalue weighted by Crippen LogP contribution is -2.72. The molecule has 2 saturated heterocycles. The number of piperidine rings is 1. The molecule has 1 N–H and O–H groups in total. The van der Waals surface area contributed by atoms with Gasteiger partial charge in [-0.1, -0.05) is 18.2 Å². The quantitative estimate of drug-likeness (QED) is 0.669. The Labute approximate surface area is 189 Å². The maximum atomic E-state index is 13.3. The summed E-state index contributed by atoms with van der Waals surface area (Å²) in [5.41, 5.74) is 0.729. The Morgan fingerprint density at radius 2 is 1.91 bits per heavy atom. The summed E-state index contributed by atoms with van der Waals surface area (Å²) in [5, 5.41) is 3.19. The molecular weight excluding hydrogens is 408 g/mol. The molecule has 0 aromatic heterocycles. The highest BCUT2D eigenvalue weighted by atomic mass is 16.5. The number of para-hydroxylation sites is 1. The first kappa shape index (κ1) is 21.7. The van der Waals surface area contributed by atoms with Gasteiger partial charge in [-0.25, -0.2) is 0 Å². The fraction of sp³-hybridized carbons (Fsp3) is 0.680. The van der Waals surface area contributed by atoms with E-state index in [4.69, 9.17) is 14.2 Å². The van der Waals surface area contributed by atoms with Crippen LogP contribution in [0, 0.1) is 0 Å². The van der Waals surface area contributed by atoms with Crippen LogP contribution < -0.4 is 10.1 Å². The molecule has 7 heteroatoms. The number of morpholine rings is 1. The van der Waals surface area contributed by atoms with Crippen LogP contribution in [0.2, 0.25) is 0 Å². The summed E-state index contributed by atoms with van der Waals surface area (Å²) in [6.07, 6.45) is 7.07.